The van der Waals surface area contributed by atoms with Gasteiger partial charge in [-0.25, -0.2) is 9.37 Å². The van der Waals surface area contributed by atoms with Gasteiger partial charge in [0.15, 0.2) is 0 Å². The van der Waals surface area contributed by atoms with Crippen molar-refractivity contribution < 1.29 is 9.18 Å². The number of pyridine rings is 1. The Kier molecular flexibility index (Phi) is 5.86. The van der Waals surface area contributed by atoms with Crippen molar-refractivity contribution in [3.8, 4) is 0 Å². The molecule has 1 saturated carbocycles. The van der Waals surface area contributed by atoms with E-state index in [1.165, 1.54) is 30.3 Å². The first-order valence-electron chi connectivity index (χ1n) is 10.2. The fourth-order valence-electron chi connectivity index (χ4n) is 4.05. The summed E-state index contributed by atoms with van der Waals surface area (Å²) in [6, 6.07) is 16.1. The quantitative estimate of drug-likeness (QED) is 0.569. The maximum Gasteiger partial charge on any atom is 0.252 e. The summed E-state index contributed by atoms with van der Waals surface area (Å²) >= 11 is 1.43. The van der Waals surface area contributed by atoms with Crippen molar-refractivity contribution in [1.29, 1.82) is 0 Å². The fraction of sp³-hybridized carbons (Fsp3) is 0.333. The van der Waals surface area contributed by atoms with E-state index < -0.39 is 0 Å². The molecule has 2 aromatic carbocycles. The fourth-order valence-corrected chi connectivity index (χ4v) is 4.88. The van der Waals surface area contributed by atoms with Gasteiger partial charge in [0.25, 0.3) is 5.91 Å². The van der Waals surface area contributed by atoms with Crippen molar-refractivity contribution in [2.24, 2.45) is 11.8 Å². The molecule has 1 amide bonds. The van der Waals surface area contributed by atoms with Crippen LogP contribution in [0.1, 0.15) is 43.5 Å². The van der Waals surface area contributed by atoms with Crippen LogP contribution in [0.4, 0.5) is 4.39 Å². The number of aromatic nitrogens is 1. The standard InChI is InChI=1S/C24H25FN2OS/c1-15-6-5-9-21(16(15)2)27-24(28)20-14-23(26-22-8-4-3-7-19(20)22)29-18-12-10-17(25)11-13-18/h3-4,7-8,10-16,21H,5-6,9H2,1-2H3,(H,27,28). The molecule has 0 bridgehead atoms. The monoisotopic (exact) mass is 408 g/mol. The molecule has 3 atom stereocenters. The minimum Gasteiger partial charge on any atom is -0.349 e. The van der Waals surface area contributed by atoms with Crippen molar-refractivity contribution in [3.05, 3.63) is 66.0 Å². The molecule has 1 fully saturated rings. The topological polar surface area (TPSA) is 42.0 Å². The predicted molar refractivity (Wildman–Crippen MR) is 116 cm³/mol. The number of rotatable bonds is 4. The number of para-hydroxylation sites is 1. The van der Waals surface area contributed by atoms with Crippen LogP contribution >= 0.6 is 11.8 Å². The van der Waals surface area contributed by atoms with Gasteiger partial charge in [-0.1, -0.05) is 56.7 Å². The minimum absolute atomic E-state index is 0.0458. The largest absolute Gasteiger partial charge is 0.349 e. The molecular weight excluding hydrogens is 383 g/mol. The van der Waals surface area contributed by atoms with E-state index in [0.717, 1.165) is 33.7 Å². The van der Waals surface area contributed by atoms with E-state index in [-0.39, 0.29) is 17.8 Å². The van der Waals surface area contributed by atoms with Gasteiger partial charge in [-0.05, 0) is 54.7 Å². The van der Waals surface area contributed by atoms with Crippen molar-refractivity contribution >= 4 is 28.6 Å². The van der Waals surface area contributed by atoms with Crippen LogP contribution in [0.25, 0.3) is 10.9 Å². The maximum atomic E-state index is 13.2. The van der Waals surface area contributed by atoms with E-state index in [2.05, 4.69) is 19.2 Å². The summed E-state index contributed by atoms with van der Waals surface area (Å²) in [6.07, 6.45) is 3.40. The first-order valence-corrected chi connectivity index (χ1v) is 11.0. The average Bonchev–Trinajstić information content (AvgIpc) is 2.72. The molecule has 0 saturated heterocycles. The summed E-state index contributed by atoms with van der Waals surface area (Å²) in [5.41, 5.74) is 1.43. The lowest BCUT2D eigenvalue weighted by molar-refractivity contribution is 0.0892. The van der Waals surface area contributed by atoms with Crippen LogP contribution in [0.15, 0.2) is 64.5 Å². The average molecular weight is 409 g/mol. The normalized spacial score (nSPS) is 21.8. The van der Waals surface area contributed by atoms with Crippen LogP contribution in [-0.2, 0) is 0 Å². The zero-order valence-electron chi connectivity index (χ0n) is 16.7. The molecule has 1 aliphatic rings. The number of nitrogens with one attached hydrogen (secondary N) is 1. The zero-order chi connectivity index (χ0) is 20.4. The first kappa shape index (κ1) is 19.9. The Labute approximate surface area is 175 Å². The number of halogens is 1. The molecule has 1 heterocycles. The first-order chi connectivity index (χ1) is 14.0. The van der Waals surface area contributed by atoms with Gasteiger partial charge in [0.1, 0.15) is 10.8 Å². The maximum absolute atomic E-state index is 13.2. The molecule has 0 spiro atoms. The molecule has 1 N–H and O–H groups in total. The second-order valence-electron chi connectivity index (χ2n) is 7.93. The number of hydrogen-bond acceptors (Lipinski definition) is 3. The Balaban J connectivity index is 1.65. The van der Waals surface area contributed by atoms with Crippen LogP contribution in [0.3, 0.4) is 0 Å². The van der Waals surface area contributed by atoms with E-state index in [4.69, 9.17) is 4.98 Å². The number of benzene rings is 2. The van der Waals surface area contributed by atoms with Gasteiger partial charge in [0.2, 0.25) is 0 Å². The van der Waals surface area contributed by atoms with Gasteiger partial charge in [0.05, 0.1) is 11.1 Å². The van der Waals surface area contributed by atoms with Gasteiger partial charge in [-0.2, -0.15) is 0 Å². The molecule has 0 aliphatic heterocycles. The lowest BCUT2D eigenvalue weighted by atomic mass is 9.78. The number of fused-ring (bicyclic) bond motifs is 1. The summed E-state index contributed by atoms with van der Waals surface area (Å²) in [5, 5.41) is 4.86. The van der Waals surface area contributed by atoms with E-state index in [0.29, 0.717) is 17.4 Å². The van der Waals surface area contributed by atoms with Gasteiger partial charge >= 0.3 is 0 Å². The highest BCUT2D eigenvalue weighted by Crippen LogP contribution is 2.32. The smallest absolute Gasteiger partial charge is 0.252 e. The highest BCUT2D eigenvalue weighted by molar-refractivity contribution is 7.99. The molecule has 0 radical (unpaired) electrons. The zero-order valence-corrected chi connectivity index (χ0v) is 17.5. The third-order valence-corrected chi connectivity index (χ3v) is 6.92. The molecule has 5 heteroatoms. The summed E-state index contributed by atoms with van der Waals surface area (Å²) in [6.45, 7) is 4.50. The Hall–Kier alpha value is -2.40. The lowest BCUT2D eigenvalue weighted by Crippen LogP contribution is -2.43. The molecular formula is C24H25FN2OS. The molecule has 3 nitrogen and oxygen atoms in total. The second-order valence-corrected chi connectivity index (χ2v) is 9.02. The van der Waals surface area contributed by atoms with E-state index in [1.54, 1.807) is 12.1 Å². The number of amides is 1. The third-order valence-electron chi connectivity index (χ3n) is 6.00. The Morgan fingerprint density at radius 2 is 1.86 bits per heavy atom. The van der Waals surface area contributed by atoms with Gasteiger partial charge < -0.3 is 5.32 Å². The Bertz CT molecular complexity index is 1020. The highest BCUT2D eigenvalue weighted by Gasteiger charge is 2.29. The van der Waals surface area contributed by atoms with E-state index in [9.17, 15) is 9.18 Å². The molecule has 3 aromatic rings. The van der Waals surface area contributed by atoms with Crippen molar-refractivity contribution in [2.75, 3.05) is 0 Å². The van der Waals surface area contributed by atoms with Crippen molar-refractivity contribution in [2.45, 2.75) is 49.1 Å². The number of carbonyl (C=O) groups excluding carboxylic acids is 1. The second kappa shape index (κ2) is 8.54. The number of carbonyl (C=O) groups is 1. The molecule has 1 aliphatic carbocycles. The number of nitrogens with zero attached hydrogens (tertiary/aromatic N) is 1. The molecule has 1 aromatic heterocycles. The predicted octanol–water partition coefficient (Wildman–Crippen LogP) is 6.08. The van der Waals surface area contributed by atoms with Crippen LogP contribution in [0.2, 0.25) is 0 Å². The minimum atomic E-state index is -0.267. The van der Waals surface area contributed by atoms with Crippen molar-refractivity contribution in [3.63, 3.8) is 0 Å². The number of hydrogen-bond donors (Lipinski definition) is 1. The van der Waals surface area contributed by atoms with Gasteiger partial charge in [-0.3, -0.25) is 4.79 Å². The van der Waals surface area contributed by atoms with Crippen LogP contribution in [0, 0.1) is 17.7 Å². The molecule has 4 rings (SSSR count). The molecule has 150 valence electrons. The van der Waals surface area contributed by atoms with Crippen LogP contribution in [-0.4, -0.2) is 16.9 Å². The van der Waals surface area contributed by atoms with Gasteiger partial charge in [-0.15, -0.1) is 0 Å². The summed E-state index contributed by atoms with van der Waals surface area (Å²) in [5.74, 6) is 0.772. The SMILES string of the molecule is CC1CCCC(NC(=O)c2cc(Sc3ccc(F)cc3)nc3ccccc23)C1C. The van der Waals surface area contributed by atoms with Crippen LogP contribution < -0.4 is 5.32 Å². The van der Waals surface area contributed by atoms with E-state index >= 15 is 0 Å². The lowest BCUT2D eigenvalue weighted by Gasteiger charge is -2.34. The molecule has 29 heavy (non-hydrogen) atoms. The highest BCUT2D eigenvalue weighted by atomic mass is 32.2. The summed E-state index contributed by atoms with van der Waals surface area (Å²) in [7, 11) is 0. The Morgan fingerprint density at radius 1 is 1.10 bits per heavy atom. The van der Waals surface area contributed by atoms with Crippen LogP contribution in [0.5, 0.6) is 0 Å². The van der Waals surface area contributed by atoms with E-state index in [1.807, 2.05) is 30.3 Å². The summed E-state index contributed by atoms with van der Waals surface area (Å²) < 4.78 is 13.2. The van der Waals surface area contributed by atoms with Gasteiger partial charge in [0, 0.05) is 16.3 Å². The van der Waals surface area contributed by atoms with Crippen molar-refractivity contribution in [1.82, 2.24) is 10.3 Å². The summed E-state index contributed by atoms with van der Waals surface area (Å²) in [4.78, 5) is 18.8. The molecule has 3 unspecified atom stereocenters. The Morgan fingerprint density at radius 3 is 2.66 bits per heavy atom. The third kappa shape index (κ3) is 4.45.